The van der Waals surface area contributed by atoms with Crippen LogP contribution < -0.4 is 5.56 Å². The molecule has 7 heteroatoms. The van der Waals surface area contributed by atoms with Crippen LogP contribution in [-0.2, 0) is 17.8 Å². The van der Waals surface area contributed by atoms with E-state index in [1.807, 2.05) is 21.9 Å². The van der Waals surface area contributed by atoms with Crippen molar-refractivity contribution in [1.82, 2.24) is 24.3 Å². The molecule has 5 heterocycles. The lowest BCUT2D eigenvalue weighted by molar-refractivity contribution is -0.133. The Bertz CT molecular complexity index is 1010. The van der Waals surface area contributed by atoms with Crippen molar-refractivity contribution in [3.8, 4) is 0 Å². The fourth-order valence-electron chi connectivity index (χ4n) is 5.72. The van der Waals surface area contributed by atoms with Crippen molar-refractivity contribution in [2.75, 3.05) is 32.7 Å². The van der Waals surface area contributed by atoms with Crippen LogP contribution in [0, 0.1) is 0 Å². The topological polar surface area (TPSA) is 71.3 Å². The van der Waals surface area contributed by atoms with Crippen LogP contribution in [0.2, 0.25) is 0 Å². The number of nitrogens with zero attached hydrogens (tertiary/aromatic N) is 5. The first-order chi connectivity index (χ1) is 16.2. The van der Waals surface area contributed by atoms with Crippen LogP contribution in [0.1, 0.15) is 73.9 Å². The second kappa shape index (κ2) is 10.2. The van der Waals surface area contributed by atoms with Crippen molar-refractivity contribution >= 4 is 5.91 Å². The van der Waals surface area contributed by atoms with E-state index in [2.05, 4.69) is 22.0 Å². The van der Waals surface area contributed by atoms with E-state index in [0.717, 1.165) is 89.2 Å². The molecule has 0 atom stereocenters. The van der Waals surface area contributed by atoms with Gasteiger partial charge in [-0.1, -0.05) is 6.42 Å². The number of amides is 1. The molecule has 7 nitrogen and oxygen atoms in total. The molecule has 0 bridgehead atoms. The number of piperidine rings is 2. The summed E-state index contributed by atoms with van der Waals surface area (Å²) in [5.74, 6) is 2.06. The number of carbonyl (C=O) groups excluding carboxylic acids is 1. The van der Waals surface area contributed by atoms with E-state index in [0.29, 0.717) is 12.5 Å². The average molecular weight is 450 g/mol. The van der Waals surface area contributed by atoms with Gasteiger partial charge >= 0.3 is 0 Å². The molecular weight excluding hydrogens is 414 g/mol. The number of pyridine rings is 1. The van der Waals surface area contributed by atoms with Crippen molar-refractivity contribution in [2.24, 2.45) is 0 Å². The summed E-state index contributed by atoms with van der Waals surface area (Å²) in [5, 5.41) is 0. The van der Waals surface area contributed by atoms with Crippen LogP contribution in [-0.4, -0.2) is 63.0 Å². The van der Waals surface area contributed by atoms with Gasteiger partial charge in [0.15, 0.2) is 0 Å². The number of rotatable bonds is 4. The van der Waals surface area contributed by atoms with Gasteiger partial charge in [-0.05, 0) is 75.2 Å². The second-order valence-corrected chi connectivity index (χ2v) is 9.88. The van der Waals surface area contributed by atoms with Gasteiger partial charge < -0.3 is 4.90 Å². The van der Waals surface area contributed by atoms with E-state index in [9.17, 15) is 9.59 Å². The molecule has 2 aromatic rings. The highest BCUT2D eigenvalue weighted by atomic mass is 16.2. The van der Waals surface area contributed by atoms with Gasteiger partial charge in [0.05, 0.1) is 12.2 Å². The van der Waals surface area contributed by atoms with Crippen molar-refractivity contribution in [3.05, 3.63) is 58.0 Å². The highest BCUT2D eigenvalue weighted by molar-refractivity contribution is 5.78. The molecule has 0 radical (unpaired) electrons. The number of fused-ring (bicyclic) bond motifs is 1. The fraction of sp³-hybridized carbons (Fsp3) is 0.615. The van der Waals surface area contributed by atoms with Crippen molar-refractivity contribution in [1.29, 1.82) is 0 Å². The lowest BCUT2D eigenvalue weighted by Crippen LogP contribution is -2.45. The van der Waals surface area contributed by atoms with Gasteiger partial charge in [0, 0.05) is 50.4 Å². The van der Waals surface area contributed by atoms with Crippen LogP contribution in [0.4, 0.5) is 0 Å². The fourth-order valence-corrected chi connectivity index (χ4v) is 5.72. The lowest BCUT2D eigenvalue weighted by atomic mass is 9.90. The molecule has 0 unspecified atom stereocenters. The van der Waals surface area contributed by atoms with E-state index in [1.165, 1.54) is 12.0 Å². The minimum atomic E-state index is 0.102. The zero-order chi connectivity index (χ0) is 22.6. The molecule has 0 saturated carbocycles. The van der Waals surface area contributed by atoms with Crippen LogP contribution in [0.3, 0.4) is 0 Å². The maximum atomic E-state index is 13.0. The lowest BCUT2D eigenvalue weighted by Gasteiger charge is -2.36. The number of aromatic nitrogens is 3. The summed E-state index contributed by atoms with van der Waals surface area (Å²) in [6.45, 7) is 4.78. The number of likely N-dealkylation sites (tertiary alicyclic amines) is 2. The van der Waals surface area contributed by atoms with Crippen molar-refractivity contribution < 1.29 is 4.79 Å². The first-order valence-electron chi connectivity index (χ1n) is 12.7. The van der Waals surface area contributed by atoms with Crippen LogP contribution in [0.15, 0.2) is 35.4 Å². The molecule has 1 amide bonds. The monoisotopic (exact) mass is 449 g/mol. The largest absolute Gasteiger partial charge is 0.342 e. The predicted molar refractivity (Wildman–Crippen MR) is 127 cm³/mol. The zero-order valence-electron chi connectivity index (χ0n) is 19.5. The predicted octanol–water partition coefficient (Wildman–Crippen LogP) is 2.95. The summed E-state index contributed by atoms with van der Waals surface area (Å²) in [4.78, 5) is 38.9. The number of hydrogen-bond acceptors (Lipinski definition) is 5. The van der Waals surface area contributed by atoms with Gasteiger partial charge in [0.25, 0.3) is 5.56 Å². The molecule has 2 aromatic heterocycles. The number of carbonyl (C=O) groups is 1. The molecule has 2 fully saturated rings. The summed E-state index contributed by atoms with van der Waals surface area (Å²) in [5.41, 5.74) is 2.41. The second-order valence-electron chi connectivity index (χ2n) is 9.88. The Morgan fingerprint density at radius 2 is 1.64 bits per heavy atom. The summed E-state index contributed by atoms with van der Waals surface area (Å²) < 4.78 is 1.87. The molecule has 3 aliphatic heterocycles. The third-order valence-corrected chi connectivity index (χ3v) is 7.78. The van der Waals surface area contributed by atoms with Crippen LogP contribution in [0.25, 0.3) is 0 Å². The first-order valence-corrected chi connectivity index (χ1v) is 12.7. The van der Waals surface area contributed by atoms with Crippen molar-refractivity contribution in [2.45, 2.75) is 69.7 Å². The molecule has 0 spiro atoms. The molecule has 33 heavy (non-hydrogen) atoms. The van der Waals surface area contributed by atoms with E-state index in [-0.39, 0.29) is 17.4 Å². The number of aryl methyl sites for hydroxylation is 1. The Hall–Kier alpha value is -2.54. The van der Waals surface area contributed by atoms with Crippen LogP contribution >= 0.6 is 0 Å². The van der Waals surface area contributed by atoms with Crippen LogP contribution in [0.5, 0.6) is 0 Å². The third-order valence-electron chi connectivity index (χ3n) is 7.78. The summed E-state index contributed by atoms with van der Waals surface area (Å²) in [7, 11) is 0. The molecule has 176 valence electrons. The van der Waals surface area contributed by atoms with E-state index in [1.54, 1.807) is 6.07 Å². The van der Waals surface area contributed by atoms with Gasteiger partial charge in [0.2, 0.25) is 5.91 Å². The molecule has 5 rings (SSSR count). The van der Waals surface area contributed by atoms with E-state index in [4.69, 9.17) is 4.98 Å². The minimum absolute atomic E-state index is 0.102. The zero-order valence-corrected chi connectivity index (χ0v) is 19.5. The Morgan fingerprint density at radius 3 is 2.39 bits per heavy atom. The smallest absolute Gasteiger partial charge is 0.253 e. The standard InChI is InChI=1S/C26H35N5O2/c32-25-18-23(28-24-4-2-1-3-13-31(24)25)22-9-16-30(17-10-22)26(33)19-29-14-7-21(8-15-29)20-5-11-27-12-6-20/h5-6,11-12,18,21-22H,1-4,7-10,13-17,19H2. The van der Waals surface area contributed by atoms with Gasteiger partial charge in [-0.25, -0.2) is 4.98 Å². The molecule has 0 aromatic carbocycles. The molecule has 2 saturated heterocycles. The van der Waals surface area contributed by atoms with Gasteiger partial charge in [-0.2, -0.15) is 0 Å². The van der Waals surface area contributed by atoms with Gasteiger partial charge in [-0.15, -0.1) is 0 Å². The van der Waals surface area contributed by atoms with E-state index < -0.39 is 0 Å². The molecule has 0 aliphatic carbocycles. The minimum Gasteiger partial charge on any atom is -0.342 e. The Labute approximate surface area is 195 Å². The molecular formula is C26H35N5O2. The Balaban J connectivity index is 1.12. The highest BCUT2D eigenvalue weighted by Gasteiger charge is 2.28. The summed E-state index contributed by atoms with van der Waals surface area (Å²) >= 11 is 0. The number of hydrogen-bond donors (Lipinski definition) is 0. The maximum Gasteiger partial charge on any atom is 0.253 e. The Morgan fingerprint density at radius 1 is 0.909 bits per heavy atom. The summed E-state index contributed by atoms with van der Waals surface area (Å²) in [6.07, 6.45) is 12.0. The molecule has 3 aliphatic rings. The third kappa shape index (κ3) is 5.18. The molecule has 0 N–H and O–H groups in total. The Kier molecular flexibility index (Phi) is 6.85. The average Bonchev–Trinajstić information content (AvgIpc) is 3.11. The van der Waals surface area contributed by atoms with Crippen molar-refractivity contribution in [3.63, 3.8) is 0 Å². The quantitative estimate of drug-likeness (QED) is 0.718. The first kappa shape index (κ1) is 22.3. The SMILES string of the molecule is O=C(CN1CCC(c2ccncc2)CC1)N1CCC(c2cc(=O)n3c(n2)CCCCC3)CC1. The maximum absolute atomic E-state index is 13.0. The highest BCUT2D eigenvalue weighted by Crippen LogP contribution is 2.29. The summed E-state index contributed by atoms with van der Waals surface area (Å²) in [6, 6.07) is 5.98. The normalized spacial score (nSPS) is 20.9. The van der Waals surface area contributed by atoms with Gasteiger partial charge in [-0.3, -0.25) is 24.0 Å². The van der Waals surface area contributed by atoms with E-state index >= 15 is 0 Å². The van der Waals surface area contributed by atoms with Gasteiger partial charge in [0.1, 0.15) is 5.82 Å².